The third kappa shape index (κ3) is 4.65. The summed E-state index contributed by atoms with van der Waals surface area (Å²) in [6.45, 7) is 9.55. The predicted octanol–water partition coefficient (Wildman–Crippen LogP) is 3.40. The van der Waals surface area contributed by atoms with Gasteiger partial charge in [-0.15, -0.1) is 0 Å². The topological polar surface area (TPSA) is 84.0 Å². The van der Waals surface area contributed by atoms with Gasteiger partial charge in [-0.2, -0.15) is 0 Å². The van der Waals surface area contributed by atoms with Gasteiger partial charge in [0.2, 0.25) is 0 Å². The first-order valence-electron chi connectivity index (χ1n) is 12.9. The van der Waals surface area contributed by atoms with Gasteiger partial charge in [0.15, 0.2) is 4.80 Å². The first-order chi connectivity index (χ1) is 18.3. The van der Waals surface area contributed by atoms with Crippen molar-refractivity contribution in [1.82, 2.24) is 9.13 Å². The predicted molar refractivity (Wildman–Crippen MR) is 146 cm³/mol. The number of aromatic nitrogens is 2. The number of esters is 1. The highest BCUT2D eigenvalue weighted by molar-refractivity contribution is 7.07. The molecule has 5 rings (SSSR count). The molecule has 1 saturated heterocycles. The van der Waals surface area contributed by atoms with E-state index in [1.54, 1.807) is 25.5 Å². The van der Waals surface area contributed by atoms with Gasteiger partial charge < -0.3 is 18.8 Å². The normalized spacial score (nSPS) is 19.4. The molecular formula is C29H33N3O5S. The minimum Gasteiger partial charge on any atom is -0.496 e. The van der Waals surface area contributed by atoms with Crippen molar-refractivity contribution in [3.05, 3.63) is 83.8 Å². The van der Waals surface area contributed by atoms with Crippen LogP contribution >= 0.6 is 11.3 Å². The van der Waals surface area contributed by atoms with Crippen molar-refractivity contribution in [3.63, 3.8) is 0 Å². The fraction of sp³-hybridized carbons (Fsp3) is 0.414. The van der Waals surface area contributed by atoms with Crippen molar-refractivity contribution in [2.75, 3.05) is 20.3 Å². The summed E-state index contributed by atoms with van der Waals surface area (Å²) in [5.41, 5.74) is 4.57. The number of carbonyl (C=O) groups is 1. The molecule has 2 aliphatic rings. The summed E-state index contributed by atoms with van der Waals surface area (Å²) in [5.74, 6) is 0.0952. The minimum atomic E-state index is -0.712. The number of hydrogen-bond acceptors (Lipinski definition) is 7. The van der Waals surface area contributed by atoms with Crippen molar-refractivity contribution in [3.8, 4) is 5.75 Å². The van der Waals surface area contributed by atoms with Crippen molar-refractivity contribution < 1.29 is 19.0 Å². The van der Waals surface area contributed by atoms with Gasteiger partial charge in [0.25, 0.3) is 5.56 Å². The zero-order valence-electron chi connectivity index (χ0n) is 22.4. The van der Waals surface area contributed by atoms with Crippen LogP contribution in [0.2, 0.25) is 0 Å². The quantitative estimate of drug-likeness (QED) is 0.433. The second-order valence-corrected chi connectivity index (χ2v) is 10.6. The van der Waals surface area contributed by atoms with E-state index in [4.69, 9.17) is 14.2 Å². The van der Waals surface area contributed by atoms with E-state index in [0.717, 1.165) is 42.9 Å². The molecule has 4 heterocycles. The summed E-state index contributed by atoms with van der Waals surface area (Å²) < 4.78 is 21.3. The number of thiazole rings is 1. The van der Waals surface area contributed by atoms with Gasteiger partial charge in [-0.25, -0.2) is 9.79 Å². The Hall–Kier alpha value is -3.43. The van der Waals surface area contributed by atoms with Crippen LogP contribution in [-0.4, -0.2) is 41.5 Å². The molecular weight excluding hydrogens is 502 g/mol. The van der Waals surface area contributed by atoms with Gasteiger partial charge in [-0.3, -0.25) is 9.36 Å². The highest BCUT2D eigenvalue weighted by Gasteiger charge is 2.35. The number of benzene rings is 1. The van der Waals surface area contributed by atoms with Crippen molar-refractivity contribution in [2.45, 2.75) is 59.2 Å². The number of para-hydroxylation sites is 1. The van der Waals surface area contributed by atoms with Crippen LogP contribution in [0, 0.1) is 13.8 Å². The van der Waals surface area contributed by atoms with E-state index in [1.807, 2.05) is 30.3 Å². The average molecular weight is 536 g/mol. The lowest BCUT2D eigenvalue weighted by molar-refractivity contribution is -0.139. The third-order valence-corrected chi connectivity index (χ3v) is 8.24. The molecule has 0 radical (unpaired) electrons. The Balaban J connectivity index is 1.66. The molecule has 0 spiro atoms. The molecule has 0 amide bonds. The number of nitrogens with zero attached hydrogens (tertiary/aromatic N) is 3. The summed E-state index contributed by atoms with van der Waals surface area (Å²) >= 11 is 1.32. The molecule has 8 nitrogen and oxygen atoms in total. The molecule has 3 aromatic rings. The van der Waals surface area contributed by atoms with E-state index in [-0.39, 0.29) is 18.3 Å². The van der Waals surface area contributed by atoms with Gasteiger partial charge in [-0.05, 0) is 64.3 Å². The van der Waals surface area contributed by atoms with Crippen LogP contribution in [0.4, 0.5) is 0 Å². The second-order valence-electron chi connectivity index (χ2n) is 9.62. The smallest absolute Gasteiger partial charge is 0.338 e. The fourth-order valence-corrected chi connectivity index (χ4v) is 6.40. The van der Waals surface area contributed by atoms with Crippen LogP contribution in [0.1, 0.15) is 55.2 Å². The zero-order valence-corrected chi connectivity index (χ0v) is 23.3. The number of aryl methyl sites for hydroxylation is 1. The maximum atomic E-state index is 14.0. The number of allylic oxidation sites excluding steroid dienone is 1. The SMILES string of the molecule is CCOC(=O)C1=C(C)N=c2s/c(=C\c3cc(C)n(C[C@H]4CCCO4)c3C)c(=O)n2[C@H]1c1ccccc1OC. The highest BCUT2D eigenvalue weighted by Crippen LogP contribution is 2.35. The van der Waals surface area contributed by atoms with E-state index in [0.29, 0.717) is 31.9 Å². The lowest BCUT2D eigenvalue weighted by Gasteiger charge is -2.25. The summed E-state index contributed by atoms with van der Waals surface area (Å²) in [5, 5.41) is 0. The Labute approximate surface area is 225 Å². The first kappa shape index (κ1) is 26.2. The molecule has 1 fully saturated rings. The second kappa shape index (κ2) is 10.7. The fourth-order valence-electron chi connectivity index (χ4n) is 5.37. The molecule has 200 valence electrons. The van der Waals surface area contributed by atoms with Crippen LogP contribution in [0.5, 0.6) is 5.75 Å². The van der Waals surface area contributed by atoms with Crippen molar-refractivity contribution in [1.29, 1.82) is 0 Å². The molecule has 2 atom stereocenters. The van der Waals surface area contributed by atoms with Gasteiger partial charge in [0.1, 0.15) is 11.8 Å². The summed E-state index contributed by atoms with van der Waals surface area (Å²) in [6, 6.07) is 8.82. The molecule has 0 saturated carbocycles. The monoisotopic (exact) mass is 535 g/mol. The molecule has 0 N–H and O–H groups in total. The summed E-state index contributed by atoms with van der Waals surface area (Å²) in [7, 11) is 1.58. The molecule has 0 unspecified atom stereocenters. The van der Waals surface area contributed by atoms with E-state index in [9.17, 15) is 9.59 Å². The summed E-state index contributed by atoms with van der Waals surface area (Å²) in [4.78, 5) is 32.3. The van der Waals surface area contributed by atoms with Gasteiger partial charge in [0.05, 0.1) is 35.6 Å². The maximum Gasteiger partial charge on any atom is 0.338 e. The number of rotatable bonds is 7. The van der Waals surface area contributed by atoms with Crippen LogP contribution in [0.3, 0.4) is 0 Å². The molecule has 2 aromatic heterocycles. The van der Waals surface area contributed by atoms with Crippen LogP contribution in [0.25, 0.3) is 6.08 Å². The van der Waals surface area contributed by atoms with E-state index in [1.165, 1.54) is 11.3 Å². The number of ether oxygens (including phenoxy) is 3. The third-order valence-electron chi connectivity index (χ3n) is 7.26. The lowest BCUT2D eigenvalue weighted by atomic mass is 9.95. The molecule has 0 bridgehead atoms. The average Bonchev–Trinajstić information content (AvgIpc) is 3.59. The lowest BCUT2D eigenvalue weighted by Crippen LogP contribution is -2.40. The molecule has 1 aromatic carbocycles. The molecule has 9 heteroatoms. The number of carbonyl (C=O) groups excluding carboxylic acids is 1. The van der Waals surface area contributed by atoms with Crippen molar-refractivity contribution >= 4 is 23.4 Å². The highest BCUT2D eigenvalue weighted by atomic mass is 32.1. The Morgan fingerprint density at radius 3 is 2.76 bits per heavy atom. The van der Waals surface area contributed by atoms with E-state index < -0.39 is 12.0 Å². The van der Waals surface area contributed by atoms with Crippen LogP contribution in [-0.2, 0) is 20.8 Å². The maximum absolute atomic E-state index is 14.0. The Morgan fingerprint density at radius 1 is 1.26 bits per heavy atom. The molecule has 0 aliphatic carbocycles. The van der Waals surface area contributed by atoms with E-state index >= 15 is 0 Å². The van der Waals surface area contributed by atoms with E-state index in [2.05, 4.69) is 29.5 Å². The number of fused-ring (bicyclic) bond motifs is 1. The molecule has 38 heavy (non-hydrogen) atoms. The standard InChI is InChI=1S/C29H33N3O5S/c1-6-36-28(34)25-18(3)30-29-32(26(25)22-11-7-8-12-23(22)35-5)27(33)24(38-29)15-20-14-17(2)31(19(20)4)16-21-10-9-13-37-21/h7-8,11-12,14-15,21,26H,6,9-10,13,16H2,1-5H3/b24-15-/t21-,26+/m1/s1. The van der Waals surface area contributed by atoms with Crippen LogP contribution in [0.15, 0.2) is 51.4 Å². The Kier molecular flexibility index (Phi) is 7.40. The number of hydrogen-bond donors (Lipinski definition) is 0. The van der Waals surface area contributed by atoms with Crippen molar-refractivity contribution in [2.24, 2.45) is 4.99 Å². The largest absolute Gasteiger partial charge is 0.496 e. The van der Waals surface area contributed by atoms with Crippen LogP contribution < -0.4 is 19.6 Å². The van der Waals surface area contributed by atoms with Gasteiger partial charge in [-0.1, -0.05) is 29.5 Å². The Bertz CT molecular complexity index is 1590. The molecule has 2 aliphatic heterocycles. The summed E-state index contributed by atoms with van der Waals surface area (Å²) in [6.07, 6.45) is 4.32. The van der Waals surface area contributed by atoms with Gasteiger partial charge >= 0.3 is 5.97 Å². The van der Waals surface area contributed by atoms with Gasteiger partial charge in [0, 0.05) is 30.1 Å². The minimum absolute atomic E-state index is 0.206. The first-order valence-corrected chi connectivity index (χ1v) is 13.8. The zero-order chi connectivity index (χ0) is 27.0. The Morgan fingerprint density at radius 2 is 2.05 bits per heavy atom. The number of methoxy groups -OCH3 is 1.